The lowest BCUT2D eigenvalue weighted by Crippen LogP contribution is -2.42. The summed E-state index contributed by atoms with van der Waals surface area (Å²) in [5.41, 5.74) is 0.495. The number of carbonyl (C=O) groups is 3. The summed E-state index contributed by atoms with van der Waals surface area (Å²) in [6.45, 7) is 0.404. The monoisotopic (exact) mass is 398 g/mol. The van der Waals surface area contributed by atoms with Crippen molar-refractivity contribution >= 4 is 33.7 Å². The fourth-order valence-corrected chi connectivity index (χ4v) is 2.87. The van der Waals surface area contributed by atoms with Crippen molar-refractivity contribution in [1.29, 1.82) is 0 Å². The van der Waals surface area contributed by atoms with Crippen LogP contribution in [0, 0.1) is 0 Å². The summed E-state index contributed by atoms with van der Waals surface area (Å²) < 4.78 is 6.02. The van der Waals surface area contributed by atoms with E-state index in [9.17, 15) is 19.5 Å². The zero-order valence-electron chi connectivity index (χ0n) is 13.2. The number of nitrogens with zero attached hydrogens (tertiary/aromatic N) is 1. The molecule has 1 aromatic carbocycles. The number of likely N-dealkylation sites (tertiary alicyclic amines) is 1. The number of aliphatic carboxylic acids is 1. The summed E-state index contributed by atoms with van der Waals surface area (Å²) in [6.07, 6.45) is 0.0538. The highest BCUT2D eigenvalue weighted by Crippen LogP contribution is 2.21. The Morgan fingerprint density at radius 3 is 2.58 bits per heavy atom. The average molecular weight is 399 g/mol. The Bertz CT molecular complexity index is 619. The fraction of sp³-hybridized carbons (Fsp3) is 0.438. The molecule has 2 amide bonds. The fourth-order valence-electron chi connectivity index (χ4n) is 2.61. The molecule has 1 aliphatic rings. The van der Waals surface area contributed by atoms with Gasteiger partial charge in [0.15, 0.2) is 0 Å². The molecule has 1 aromatic rings. The number of nitrogens with one attached hydrogen (secondary N) is 1. The van der Waals surface area contributed by atoms with Crippen LogP contribution in [0.5, 0.6) is 0 Å². The van der Waals surface area contributed by atoms with Crippen LogP contribution < -0.4 is 5.32 Å². The molecule has 0 radical (unpaired) electrons. The van der Waals surface area contributed by atoms with Gasteiger partial charge in [-0.25, -0.2) is 4.79 Å². The molecule has 0 aromatic heterocycles. The van der Waals surface area contributed by atoms with Gasteiger partial charge in [-0.1, -0.05) is 15.9 Å². The van der Waals surface area contributed by atoms with Gasteiger partial charge in [0.05, 0.1) is 6.10 Å². The number of carboxylic acid groups (broad SMARTS) is 1. The van der Waals surface area contributed by atoms with E-state index in [1.807, 2.05) is 0 Å². The SMILES string of the molecule is COC1CC(C(=O)O)N(C(=O)CCNC(=O)c2ccc(Br)cc2)C1. The maximum atomic E-state index is 12.2. The van der Waals surface area contributed by atoms with Crippen LogP contribution in [-0.4, -0.2) is 60.1 Å². The third-order valence-corrected chi connectivity index (χ3v) is 4.46. The molecule has 130 valence electrons. The second kappa shape index (κ2) is 8.25. The maximum absolute atomic E-state index is 12.2. The molecule has 2 unspecified atom stereocenters. The van der Waals surface area contributed by atoms with Crippen molar-refractivity contribution < 1.29 is 24.2 Å². The van der Waals surface area contributed by atoms with Crippen molar-refractivity contribution in [1.82, 2.24) is 10.2 Å². The van der Waals surface area contributed by atoms with E-state index in [1.165, 1.54) is 12.0 Å². The standard InChI is InChI=1S/C16H19BrN2O5/c1-24-12-8-13(16(22)23)19(9-12)14(20)6-7-18-15(21)10-2-4-11(17)5-3-10/h2-5,12-13H,6-9H2,1H3,(H,18,21)(H,22,23). The Morgan fingerprint density at radius 1 is 1.33 bits per heavy atom. The van der Waals surface area contributed by atoms with Crippen molar-refractivity contribution in [3.8, 4) is 0 Å². The maximum Gasteiger partial charge on any atom is 0.326 e. The minimum absolute atomic E-state index is 0.0441. The molecule has 2 N–H and O–H groups in total. The first-order chi connectivity index (χ1) is 11.4. The highest BCUT2D eigenvalue weighted by atomic mass is 79.9. The summed E-state index contributed by atoms with van der Waals surface area (Å²) in [5.74, 6) is -1.62. The van der Waals surface area contributed by atoms with Gasteiger partial charge in [0.2, 0.25) is 5.91 Å². The summed E-state index contributed by atoms with van der Waals surface area (Å²) >= 11 is 3.29. The molecule has 1 saturated heterocycles. The molecule has 1 fully saturated rings. The van der Waals surface area contributed by atoms with Gasteiger partial charge in [0, 0.05) is 43.1 Å². The van der Waals surface area contributed by atoms with Gasteiger partial charge in [0.25, 0.3) is 5.91 Å². The normalized spacial score (nSPS) is 20.0. The summed E-state index contributed by atoms with van der Waals surface area (Å²) in [4.78, 5) is 36.8. The Kier molecular flexibility index (Phi) is 6.33. The van der Waals surface area contributed by atoms with Crippen molar-refractivity contribution in [2.24, 2.45) is 0 Å². The number of ether oxygens (including phenoxy) is 1. The lowest BCUT2D eigenvalue weighted by molar-refractivity contribution is -0.148. The second-order valence-corrected chi connectivity index (χ2v) is 6.42. The van der Waals surface area contributed by atoms with Gasteiger partial charge in [-0.3, -0.25) is 9.59 Å². The zero-order valence-corrected chi connectivity index (χ0v) is 14.8. The molecule has 1 heterocycles. The first-order valence-electron chi connectivity index (χ1n) is 7.51. The highest BCUT2D eigenvalue weighted by Gasteiger charge is 2.39. The molecule has 0 bridgehead atoms. The Morgan fingerprint density at radius 2 is 2.00 bits per heavy atom. The van der Waals surface area contributed by atoms with E-state index >= 15 is 0 Å². The summed E-state index contributed by atoms with van der Waals surface area (Å²) in [7, 11) is 1.50. The van der Waals surface area contributed by atoms with Crippen LogP contribution in [0.25, 0.3) is 0 Å². The van der Waals surface area contributed by atoms with Crippen LogP contribution in [0.2, 0.25) is 0 Å². The van der Waals surface area contributed by atoms with Gasteiger partial charge in [0.1, 0.15) is 6.04 Å². The lowest BCUT2D eigenvalue weighted by Gasteiger charge is -2.21. The number of carboxylic acids is 1. The van der Waals surface area contributed by atoms with Crippen LogP contribution in [0.1, 0.15) is 23.2 Å². The van der Waals surface area contributed by atoms with Gasteiger partial charge in [-0.05, 0) is 24.3 Å². The van der Waals surface area contributed by atoms with E-state index in [1.54, 1.807) is 24.3 Å². The summed E-state index contributed by atoms with van der Waals surface area (Å²) in [5, 5.41) is 11.9. The third-order valence-electron chi connectivity index (χ3n) is 3.93. The molecule has 1 aliphatic heterocycles. The minimum atomic E-state index is -1.04. The number of carbonyl (C=O) groups excluding carboxylic acids is 2. The number of amides is 2. The molecule has 7 nitrogen and oxygen atoms in total. The molecule has 2 atom stereocenters. The molecular formula is C16H19BrN2O5. The van der Waals surface area contributed by atoms with Crippen LogP contribution >= 0.6 is 15.9 Å². The number of hydrogen-bond donors (Lipinski definition) is 2. The molecule has 24 heavy (non-hydrogen) atoms. The van der Waals surface area contributed by atoms with Gasteiger partial charge < -0.3 is 20.1 Å². The first-order valence-corrected chi connectivity index (χ1v) is 8.30. The largest absolute Gasteiger partial charge is 0.480 e. The number of hydrogen-bond acceptors (Lipinski definition) is 4. The van der Waals surface area contributed by atoms with Crippen LogP contribution in [0.3, 0.4) is 0 Å². The molecule has 0 spiro atoms. The molecule has 8 heteroatoms. The van der Waals surface area contributed by atoms with Crippen LogP contribution in [-0.2, 0) is 14.3 Å². The van der Waals surface area contributed by atoms with E-state index in [4.69, 9.17) is 4.74 Å². The quantitative estimate of drug-likeness (QED) is 0.751. The lowest BCUT2D eigenvalue weighted by atomic mass is 10.2. The topological polar surface area (TPSA) is 95.9 Å². The van der Waals surface area contributed by atoms with E-state index in [0.29, 0.717) is 5.56 Å². The van der Waals surface area contributed by atoms with Crippen molar-refractivity contribution in [2.75, 3.05) is 20.2 Å². The number of benzene rings is 1. The van der Waals surface area contributed by atoms with E-state index in [0.717, 1.165) is 4.47 Å². The number of rotatable bonds is 6. The van der Waals surface area contributed by atoms with Crippen molar-refractivity contribution in [3.05, 3.63) is 34.3 Å². The predicted octanol–water partition coefficient (Wildman–Crippen LogP) is 1.27. The zero-order chi connectivity index (χ0) is 17.7. The number of methoxy groups -OCH3 is 1. The third kappa shape index (κ3) is 4.55. The Hall–Kier alpha value is -1.93. The van der Waals surface area contributed by atoms with Gasteiger partial charge in [-0.2, -0.15) is 0 Å². The molecule has 2 rings (SSSR count). The second-order valence-electron chi connectivity index (χ2n) is 5.51. The summed E-state index contributed by atoms with van der Waals surface area (Å²) in [6, 6.07) is 5.99. The van der Waals surface area contributed by atoms with Gasteiger partial charge >= 0.3 is 5.97 Å². The van der Waals surface area contributed by atoms with Crippen LogP contribution in [0.4, 0.5) is 0 Å². The van der Waals surface area contributed by atoms with Gasteiger partial charge in [-0.15, -0.1) is 0 Å². The number of halogens is 1. The predicted molar refractivity (Wildman–Crippen MR) is 89.6 cm³/mol. The Labute approximate surface area is 148 Å². The van der Waals surface area contributed by atoms with E-state index < -0.39 is 12.0 Å². The van der Waals surface area contributed by atoms with Crippen LogP contribution in [0.15, 0.2) is 28.7 Å². The molecular weight excluding hydrogens is 380 g/mol. The van der Waals surface area contributed by atoms with Crippen molar-refractivity contribution in [3.63, 3.8) is 0 Å². The minimum Gasteiger partial charge on any atom is -0.480 e. The smallest absolute Gasteiger partial charge is 0.326 e. The first kappa shape index (κ1) is 18.4. The van der Waals surface area contributed by atoms with E-state index in [-0.39, 0.29) is 43.8 Å². The van der Waals surface area contributed by atoms with E-state index in [2.05, 4.69) is 21.2 Å². The molecule has 0 saturated carbocycles. The van der Waals surface area contributed by atoms with Crippen molar-refractivity contribution in [2.45, 2.75) is 25.0 Å². The molecule has 0 aliphatic carbocycles. The highest BCUT2D eigenvalue weighted by molar-refractivity contribution is 9.10. The average Bonchev–Trinajstić information content (AvgIpc) is 3.00. The Balaban J connectivity index is 1.85.